The van der Waals surface area contributed by atoms with E-state index in [1.54, 1.807) is 35.2 Å². The number of ether oxygens (including phenoxy) is 1. The SMILES string of the molecule is NC1=NCc2cc(NC(=O)[C@H](O)C3OCCN(c4ccccc4N4CCCCC4=O)C3=O)ccc21. The van der Waals surface area contributed by atoms with Gasteiger partial charge in [0, 0.05) is 30.8 Å². The molecule has 0 bridgehead atoms. The number of nitrogens with one attached hydrogen (secondary N) is 1. The Balaban J connectivity index is 1.32. The average Bonchev–Trinajstić information content (AvgIpc) is 3.24. The summed E-state index contributed by atoms with van der Waals surface area (Å²) in [6.45, 7) is 1.39. The molecule has 0 spiro atoms. The summed E-state index contributed by atoms with van der Waals surface area (Å²) in [5.41, 5.74) is 9.18. The van der Waals surface area contributed by atoms with E-state index in [2.05, 4.69) is 10.3 Å². The lowest BCUT2D eigenvalue weighted by atomic mass is 10.1. The van der Waals surface area contributed by atoms with Crippen molar-refractivity contribution < 1.29 is 24.2 Å². The number of anilines is 3. The molecule has 3 aliphatic rings. The van der Waals surface area contributed by atoms with Gasteiger partial charge in [0.15, 0.2) is 12.2 Å². The fourth-order valence-corrected chi connectivity index (χ4v) is 4.71. The van der Waals surface area contributed by atoms with Gasteiger partial charge in [-0.15, -0.1) is 0 Å². The smallest absolute Gasteiger partial charge is 0.259 e. The van der Waals surface area contributed by atoms with Crippen LogP contribution >= 0.6 is 0 Å². The summed E-state index contributed by atoms with van der Waals surface area (Å²) in [7, 11) is 0. The first-order valence-corrected chi connectivity index (χ1v) is 11.7. The average molecular weight is 478 g/mol. The van der Waals surface area contributed by atoms with Crippen LogP contribution in [0.3, 0.4) is 0 Å². The number of para-hydroxylation sites is 2. The number of rotatable bonds is 5. The van der Waals surface area contributed by atoms with E-state index in [1.807, 2.05) is 12.1 Å². The number of hydrogen-bond donors (Lipinski definition) is 3. The van der Waals surface area contributed by atoms with Crippen LogP contribution in [0.1, 0.15) is 30.4 Å². The summed E-state index contributed by atoms with van der Waals surface area (Å²) in [5.74, 6) is -0.824. The van der Waals surface area contributed by atoms with E-state index in [0.717, 1.165) is 24.0 Å². The molecule has 0 aliphatic carbocycles. The summed E-state index contributed by atoms with van der Waals surface area (Å²) >= 11 is 0. The number of hydrogen-bond acceptors (Lipinski definition) is 7. The summed E-state index contributed by atoms with van der Waals surface area (Å²) < 4.78 is 5.54. The zero-order valence-electron chi connectivity index (χ0n) is 19.1. The monoisotopic (exact) mass is 477 g/mol. The molecule has 0 saturated carbocycles. The highest BCUT2D eigenvalue weighted by molar-refractivity contribution is 6.07. The topological polar surface area (TPSA) is 138 Å². The third kappa shape index (κ3) is 4.38. The van der Waals surface area contributed by atoms with Gasteiger partial charge in [-0.25, -0.2) is 0 Å². The molecule has 2 saturated heterocycles. The Bertz CT molecular complexity index is 1210. The van der Waals surface area contributed by atoms with Crippen molar-refractivity contribution in [1.29, 1.82) is 0 Å². The lowest BCUT2D eigenvalue weighted by Crippen LogP contribution is -2.55. The molecule has 10 heteroatoms. The molecule has 2 atom stereocenters. The fourth-order valence-electron chi connectivity index (χ4n) is 4.71. The van der Waals surface area contributed by atoms with Gasteiger partial charge in [-0.3, -0.25) is 19.4 Å². The Morgan fingerprint density at radius 1 is 1.11 bits per heavy atom. The first kappa shape index (κ1) is 23.0. The standard InChI is InChI=1S/C25H27N5O5/c26-23-17-9-8-16(13-15(17)14-27-23)28-24(33)21(32)22-25(34)30(11-12-35-22)19-6-2-1-5-18(19)29-10-4-3-7-20(29)31/h1-2,5-6,8-9,13,21-22,32H,3-4,7,10-12,14H2,(H2,26,27)(H,28,33)/t21-,22?/m1/s1. The van der Waals surface area contributed by atoms with Crippen LogP contribution in [0.25, 0.3) is 0 Å². The molecule has 2 aromatic rings. The number of amides is 3. The molecule has 10 nitrogen and oxygen atoms in total. The van der Waals surface area contributed by atoms with Gasteiger partial charge in [-0.1, -0.05) is 12.1 Å². The maximum Gasteiger partial charge on any atom is 0.259 e. The van der Waals surface area contributed by atoms with Crippen molar-refractivity contribution in [1.82, 2.24) is 0 Å². The van der Waals surface area contributed by atoms with E-state index in [0.29, 0.717) is 42.4 Å². The van der Waals surface area contributed by atoms with Crippen molar-refractivity contribution in [2.24, 2.45) is 10.7 Å². The van der Waals surface area contributed by atoms with E-state index in [9.17, 15) is 19.5 Å². The lowest BCUT2D eigenvalue weighted by Gasteiger charge is -2.37. The van der Waals surface area contributed by atoms with Gasteiger partial charge in [-0.05, 0) is 48.7 Å². The van der Waals surface area contributed by atoms with E-state index >= 15 is 0 Å². The number of aliphatic hydroxyl groups is 1. The summed E-state index contributed by atoms with van der Waals surface area (Å²) in [6, 6.07) is 12.3. The first-order chi connectivity index (χ1) is 16.9. The number of carbonyl (C=O) groups is 3. The van der Waals surface area contributed by atoms with Crippen molar-refractivity contribution in [2.75, 3.05) is 34.8 Å². The minimum atomic E-state index is -1.72. The van der Waals surface area contributed by atoms with Crippen LogP contribution in [0.2, 0.25) is 0 Å². The third-order valence-corrected chi connectivity index (χ3v) is 6.53. The maximum atomic E-state index is 13.4. The molecule has 2 fully saturated rings. The number of fused-ring (bicyclic) bond motifs is 1. The van der Waals surface area contributed by atoms with Crippen molar-refractivity contribution in [3.05, 3.63) is 53.6 Å². The highest BCUT2D eigenvalue weighted by Crippen LogP contribution is 2.33. The van der Waals surface area contributed by atoms with Crippen LogP contribution in [0.4, 0.5) is 17.1 Å². The molecule has 3 heterocycles. The molecule has 0 aromatic heterocycles. The molecule has 3 aliphatic heterocycles. The van der Waals surface area contributed by atoms with Crippen LogP contribution in [-0.2, 0) is 25.7 Å². The van der Waals surface area contributed by atoms with E-state index in [-0.39, 0.29) is 19.1 Å². The Labute approximate surface area is 202 Å². The van der Waals surface area contributed by atoms with Crippen LogP contribution in [-0.4, -0.2) is 60.6 Å². The predicted octanol–water partition coefficient (Wildman–Crippen LogP) is 1.15. The molecule has 1 unspecified atom stereocenters. The number of benzene rings is 2. The van der Waals surface area contributed by atoms with Gasteiger partial charge < -0.3 is 30.7 Å². The highest BCUT2D eigenvalue weighted by Gasteiger charge is 2.40. The summed E-state index contributed by atoms with van der Waals surface area (Å²) in [6.07, 6.45) is -0.887. The van der Waals surface area contributed by atoms with E-state index in [1.165, 1.54) is 4.90 Å². The summed E-state index contributed by atoms with van der Waals surface area (Å²) in [5, 5.41) is 13.4. The second kappa shape index (κ2) is 9.47. The third-order valence-electron chi connectivity index (χ3n) is 6.53. The van der Waals surface area contributed by atoms with Crippen LogP contribution < -0.4 is 20.9 Å². The maximum absolute atomic E-state index is 13.4. The van der Waals surface area contributed by atoms with Crippen molar-refractivity contribution in [3.63, 3.8) is 0 Å². The number of nitrogens with zero attached hydrogens (tertiary/aromatic N) is 3. The minimum absolute atomic E-state index is 0.0156. The quantitative estimate of drug-likeness (QED) is 0.591. The molecular formula is C25H27N5O5. The number of carbonyl (C=O) groups excluding carboxylic acids is 3. The van der Waals surface area contributed by atoms with Gasteiger partial charge in [0.1, 0.15) is 5.84 Å². The van der Waals surface area contributed by atoms with Crippen molar-refractivity contribution >= 4 is 40.6 Å². The second-order valence-corrected chi connectivity index (χ2v) is 8.78. The molecule has 5 rings (SSSR count). The Morgan fingerprint density at radius 2 is 1.89 bits per heavy atom. The molecule has 2 aromatic carbocycles. The van der Waals surface area contributed by atoms with E-state index in [4.69, 9.17) is 10.5 Å². The molecule has 4 N–H and O–H groups in total. The summed E-state index contributed by atoms with van der Waals surface area (Å²) in [4.78, 5) is 46.0. The van der Waals surface area contributed by atoms with Crippen LogP contribution in [0.15, 0.2) is 47.5 Å². The lowest BCUT2D eigenvalue weighted by molar-refractivity contribution is -0.150. The first-order valence-electron chi connectivity index (χ1n) is 11.7. The largest absolute Gasteiger partial charge is 0.383 e. The second-order valence-electron chi connectivity index (χ2n) is 8.78. The molecule has 0 radical (unpaired) electrons. The fraction of sp³-hybridized carbons (Fsp3) is 0.360. The van der Waals surface area contributed by atoms with Crippen molar-refractivity contribution in [3.8, 4) is 0 Å². The van der Waals surface area contributed by atoms with Gasteiger partial charge >= 0.3 is 0 Å². The molecular weight excluding hydrogens is 450 g/mol. The molecule has 3 amide bonds. The van der Waals surface area contributed by atoms with Crippen LogP contribution in [0, 0.1) is 0 Å². The van der Waals surface area contributed by atoms with Gasteiger partial charge in [0.25, 0.3) is 11.8 Å². The molecule has 35 heavy (non-hydrogen) atoms. The Morgan fingerprint density at radius 3 is 2.66 bits per heavy atom. The zero-order valence-corrected chi connectivity index (χ0v) is 19.1. The zero-order chi connectivity index (χ0) is 24.5. The van der Waals surface area contributed by atoms with Gasteiger partial charge in [0.2, 0.25) is 5.91 Å². The number of piperidine rings is 1. The Kier molecular flexibility index (Phi) is 6.23. The van der Waals surface area contributed by atoms with Gasteiger partial charge in [-0.2, -0.15) is 0 Å². The number of nitrogens with two attached hydrogens (primary N) is 1. The van der Waals surface area contributed by atoms with E-state index < -0.39 is 24.0 Å². The molecule has 182 valence electrons. The number of amidine groups is 1. The highest BCUT2D eigenvalue weighted by atomic mass is 16.5. The van der Waals surface area contributed by atoms with Gasteiger partial charge in [0.05, 0.1) is 24.5 Å². The minimum Gasteiger partial charge on any atom is -0.383 e. The normalized spacial score (nSPS) is 20.9. The van der Waals surface area contributed by atoms with Crippen LogP contribution in [0.5, 0.6) is 0 Å². The number of aliphatic hydroxyl groups excluding tert-OH is 1. The van der Waals surface area contributed by atoms with Crippen molar-refractivity contribution in [2.45, 2.75) is 38.0 Å². The Hall–Kier alpha value is -3.76. The predicted molar refractivity (Wildman–Crippen MR) is 130 cm³/mol. The number of aliphatic imine (C=N–C) groups is 1. The number of morpholine rings is 1.